The first-order valence-electron chi connectivity index (χ1n) is 10.4. The van der Waals surface area contributed by atoms with Crippen molar-refractivity contribution < 1.29 is 9.59 Å². The van der Waals surface area contributed by atoms with Gasteiger partial charge in [0.25, 0.3) is 11.8 Å². The molecule has 1 aliphatic heterocycles. The lowest BCUT2D eigenvalue weighted by atomic mass is 9.97. The lowest BCUT2D eigenvalue weighted by Crippen LogP contribution is -2.36. The number of piperidine rings is 1. The molecule has 154 valence electrons. The van der Waals surface area contributed by atoms with Crippen molar-refractivity contribution in [2.24, 2.45) is 5.92 Å². The second-order valence-corrected chi connectivity index (χ2v) is 8.30. The highest BCUT2D eigenvalue weighted by atomic mass is 16.2. The summed E-state index contributed by atoms with van der Waals surface area (Å²) in [5, 5.41) is 5.94. The summed E-state index contributed by atoms with van der Waals surface area (Å²) in [6.45, 7) is 9.97. The number of anilines is 2. The highest BCUT2D eigenvalue weighted by Crippen LogP contribution is 2.29. The van der Waals surface area contributed by atoms with Crippen LogP contribution < -0.4 is 15.5 Å². The Balaban J connectivity index is 1.88. The van der Waals surface area contributed by atoms with E-state index in [2.05, 4.69) is 22.5 Å². The minimum Gasteiger partial charge on any atom is -0.371 e. The van der Waals surface area contributed by atoms with E-state index in [1.807, 2.05) is 51.1 Å². The van der Waals surface area contributed by atoms with E-state index < -0.39 is 0 Å². The lowest BCUT2D eigenvalue weighted by molar-refractivity contribution is 0.0942. The molecule has 0 aromatic heterocycles. The molecule has 5 nitrogen and oxygen atoms in total. The number of carbonyl (C=O) groups excluding carboxylic acids is 2. The predicted molar refractivity (Wildman–Crippen MR) is 119 cm³/mol. The molecule has 29 heavy (non-hydrogen) atoms. The van der Waals surface area contributed by atoms with Gasteiger partial charge in [-0.2, -0.15) is 0 Å². The topological polar surface area (TPSA) is 61.4 Å². The zero-order chi connectivity index (χ0) is 21.0. The number of nitrogens with one attached hydrogen (secondary N) is 2. The molecule has 5 heteroatoms. The van der Waals surface area contributed by atoms with Crippen molar-refractivity contribution >= 4 is 23.2 Å². The fourth-order valence-electron chi connectivity index (χ4n) is 3.69. The van der Waals surface area contributed by atoms with E-state index in [9.17, 15) is 9.59 Å². The van der Waals surface area contributed by atoms with Gasteiger partial charge in [0.05, 0.1) is 5.56 Å². The van der Waals surface area contributed by atoms with E-state index >= 15 is 0 Å². The molecule has 0 radical (unpaired) electrons. The normalized spacial score (nSPS) is 14.7. The van der Waals surface area contributed by atoms with Gasteiger partial charge < -0.3 is 15.5 Å². The third-order valence-corrected chi connectivity index (χ3v) is 5.43. The van der Waals surface area contributed by atoms with Gasteiger partial charge >= 0.3 is 0 Å². The van der Waals surface area contributed by atoms with Gasteiger partial charge in [-0.3, -0.25) is 9.59 Å². The largest absolute Gasteiger partial charge is 0.371 e. The molecular formula is C24H31N3O2. The van der Waals surface area contributed by atoms with Crippen LogP contribution in [0.3, 0.4) is 0 Å². The quantitative estimate of drug-likeness (QED) is 0.779. The van der Waals surface area contributed by atoms with Gasteiger partial charge in [0, 0.05) is 36.1 Å². The number of amides is 2. The second-order valence-electron chi connectivity index (χ2n) is 8.30. The van der Waals surface area contributed by atoms with Crippen LogP contribution in [0.4, 0.5) is 11.4 Å². The fraction of sp³-hybridized carbons (Fsp3) is 0.417. The van der Waals surface area contributed by atoms with Gasteiger partial charge in [-0.05, 0) is 69.4 Å². The third kappa shape index (κ3) is 5.17. The summed E-state index contributed by atoms with van der Waals surface area (Å²) in [5.74, 6) is 0.436. The van der Waals surface area contributed by atoms with Gasteiger partial charge in [-0.15, -0.1) is 0 Å². The van der Waals surface area contributed by atoms with Crippen molar-refractivity contribution in [3.05, 3.63) is 59.2 Å². The van der Waals surface area contributed by atoms with Gasteiger partial charge in [-0.25, -0.2) is 0 Å². The molecule has 0 spiro atoms. The summed E-state index contributed by atoms with van der Waals surface area (Å²) in [4.78, 5) is 27.9. The highest BCUT2D eigenvalue weighted by Gasteiger charge is 2.22. The zero-order valence-corrected chi connectivity index (χ0v) is 17.8. The van der Waals surface area contributed by atoms with Crippen molar-refractivity contribution in [3.63, 3.8) is 0 Å². The molecule has 0 bridgehead atoms. The summed E-state index contributed by atoms with van der Waals surface area (Å²) < 4.78 is 0. The summed E-state index contributed by atoms with van der Waals surface area (Å²) >= 11 is 0. The molecule has 0 unspecified atom stereocenters. The van der Waals surface area contributed by atoms with E-state index in [-0.39, 0.29) is 17.9 Å². The summed E-state index contributed by atoms with van der Waals surface area (Å²) in [5.41, 5.74) is 3.72. The number of carbonyl (C=O) groups is 2. The molecule has 3 rings (SSSR count). The molecule has 0 atom stereocenters. The maximum atomic E-state index is 12.9. The van der Waals surface area contributed by atoms with Crippen LogP contribution in [-0.4, -0.2) is 30.9 Å². The van der Waals surface area contributed by atoms with Crippen molar-refractivity contribution in [1.82, 2.24) is 5.32 Å². The molecule has 0 aliphatic carbocycles. The van der Waals surface area contributed by atoms with Crippen molar-refractivity contribution in [3.8, 4) is 0 Å². The SMILES string of the molecule is Cc1ccccc1C(=O)Nc1ccc(N2CCC(C)CC2)c(C(=O)NC(C)C)c1. The van der Waals surface area contributed by atoms with Crippen molar-refractivity contribution in [1.29, 1.82) is 0 Å². The Morgan fingerprint density at radius 3 is 2.34 bits per heavy atom. The highest BCUT2D eigenvalue weighted by molar-refractivity contribution is 6.07. The standard InChI is InChI=1S/C24H31N3O2/c1-16(2)25-24(29)21-15-19(26-23(28)20-8-6-5-7-18(20)4)9-10-22(21)27-13-11-17(3)12-14-27/h5-10,15-17H,11-14H2,1-4H3,(H,25,29)(H,26,28). The Labute approximate surface area is 173 Å². The van der Waals surface area contributed by atoms with Crippen LogP contribution in [0, 0.1) is 12.8 Å². The molecule has 1 fully saturated rings. The Hall–Kier alpha value is -2.82. The second kappa shape index (κ2) is 9.12. The minimum atomic E-state index is -0.169. The predicted octanol–water partition coefficient (Wildman–Crippen LogP) is 4.62. The lowest BCUT2D eigenvalue weighted by Gasteiger charge is -2.33. The molecule has 1 saturated heterocycles. The van der Waals surface area contributed by atoms with Crippen LogP contribution in [0.1, 0.15) is 59.9 Å². The average Bonchev–Trinajstić information content (AvgIpc) is 2.68. The maximum Gasteiger partial charge on any atom is 0.255 e. The molecule has 2 N–H and O–H groups in total. The molecule has 1 aliphatic rings. The number of hydrogen-bond donors (Lipinski definition) is 2. The van der Waals surface area contributed by atoms with Crippen LogP contribution in [0.15, 0.2) is 42.5 Å². The van der Waals surface area contributed by atoms with Gasteiger partial charge in [0.2, 0.25) is 0 Å². The van der Waals surface area contributed by atoms with Gasteiger partial charge in [0.15, 0.2) is 0 Å². The van der Waals surface area contributed by atoms with Crippen LogP contribution >= 0.6 is 0 Å². The number of aryl methyl sites for hydroxylation is 1. The van der Waals surface area contributed by atoms with Crippen LogP contribution in [-0.2, 0) is 0 Å². The summed E-state index contributed by atoms with van der Waals surface area (Å²) in [6, 6.07) is 13.2. The van der Waals surface area contributed by atoms with E-state index in [4.69, 9.17) is 0 Å². The van der Waals surface area contributed by atoms with Crippen LogP contribution in [0.2, 0.25) is 0 Å². The third-order valence-electron chi connectivity index (χ3n) is 5.43. The monoisotopic (exact) mass is 393 g/mol. The molecule has 2 aromatic rings. The van der Waals surface area contributed by atoms with Gasteiger partial charge in [-0.1, -0.05) is 25.1 Å². The van der Waals surface area contributed by atoms with E-state index in [1.54, 1.807) is 12.1 Å². The number of rotatable bonds is 5. The van der Waals surface area contributed by atoms with Crippen LogP contribution in [0.5, 0.6) is 0 Å². The van der Waals surface area contributed by atoms with Crippen molar-refractivity contribution in [2.75, 3.05) is 23.3 Å². The molecule has 2 amide bonds. The average molecular weight is 394 g/mol. The maximum absolute atomic E-state index is 12.9. The Bertz CT molecular complexity index is 883. The molecule has 0 saturated carbocycles. The molecule has 1 heterocycles. The first-order valence-corrected chi connectivity index (χ1v) is 10.4. The Morgan fingerprint density at radius 2 is 1.69 bits per heavy atom. The Morgan fingerprint density at radius 1 is 1.00 bits per heavy atom. The van der Waals surface area contributed by atoms with E-state index in [0.717, 1.165) is 37.2 Å². The summed E-state index contributed by atoms with van der Waals surface area (Å²) in [7, 11) is 0. The zero-order valence-electron chi connectivity index (χ0n) is 17.8. The molecule has 2 aromatic carbocycles. The summed E-state index contributed by atoms with van der Waals surface area (Å²) in [6.07, 6.45) is 2.24. The first kappa shape index (κ1) is 20.9. The molecular weight excluding hydrogens is 362 g/mol. The van der Waals surface area contributed by atoms with E-state index in [1.165, 1.54) is 0 Å². The number of nitrogens with zero attached hydrogens (tertiary/aromatic N) is 1. The fourth-order valence-corrected chi connectivity index (χ4v) is 3.69. The van der Waals surface area contributed by atoms with Crippen LogP contribution in [0.25, 0.3) is 0 Å². The first-order chi connectivity index (χ1) is 13.8. The number of benzene rings is 2. The van der Waals surface area contributed by atoms with Crippen molar-refractivity contribution in [2.45, 2.75) is 46.6 Å². The Kier molecular flexibility index (Phi) is 6.57. The number of hydrogen-bond acceptors (Lipinski definition) is 3. The van der Waals surface area contributed by atoms with Gasteiger partial charge in [0.1, 0.15) is 0 Å². The minimum absolute atomic E-state index is 0.0435. The van der Waals surface area contributed by atoms with E-state index in [0.29, 0.717) is 22.7 Å². The smallest absolute Gasteiger partial charge is 0.255 e.